The SMILES string of the molecule is C[C@H](O)[C@@H](NC(=O)OCC1c2ccccc2-c2ccccc21)C(=O)O. The first-order valence-corrected chi connectivity index (χ1v) is 8.01. The molecule has 2 atom stereocenters. The maximum absolute atomic E-state index is 11.9. The second kappa shape index (κ2) is 6.94. The van der Waals surface area contributed by atoms with Crippen LogP contribution in [0.2, 0.25) is 0 Å². The van der Waals surface area contributed by atoms with E-state index in [2.05, 4.69) is 5.32 Å². The number of fused-ring (bicyclic) bond motifs is 3. The summed E-state index contributed by atoms with van der Waals surface area (Å²) in [7, 11) is 0. The number of nitrogens with one attached hydrogen (secondary N) is 1. The smallest absolute Gasteiger partial charge is 0.407 e. The van der Waals surface area contributed by atoms with Gasteiger partial charge in [-0.2, -0.15) is 0 Å². The van der Waals surface area contributed by atoms with E-state index in [-0.39, 0.29) is 12.5 Å². The number of rotatable bonds is 5. The molecular weight excluding hydrogens is 322 g/mol. The molecule has 6 heteroatoms. The Bertz CT molecular complexity index is 756. The average Bonchev–Trinajstić information content (AvgIpc) is 2.91. The largest absolute Gasteiger partial charge is 0.480 e. The summed E-state index contributed by atoms with van der Waals surface area (Å²) in [5, 5.41) is 20.6. The summed E-state index contributed by atoms with van der Waals surface area (Å²) in [4.78, 5) is 23.0. The zero-order valence-electron chi connectivity index (χ0n) is 13.7. The van der Waals surface area contributed by atoms with Gasteiger partial charge in [0.1, 0.15) is 6.61 Å². The zero-order valence-corrected chi connectivity index (χ0v) is 13.7. The summed E-state index contributed by atoms with van der Waals surface area (Å²) in [5.74, 6) is -1.42. The summed E-state index contributed by atoms with van der Waals surface area (Å²) in [6.45, 7) is 1.38. The van der Waals surface area contributed by atoms with Crippen molar-refractivity contribution in [2.75, 3.05) is 6.61 Å². The third-order valence-electron chi connectivity index (χ3n) is 4.37. The Kier molecular flexibility index (Phi) is 4.72. The van der Waals surface area contributed by atoms with Gasteiger partial charge in [-0.05, 0) is 29.2 Å². The second-order valence-electron chi connectivity index (χ2n) is 6.03. The van der Waals surface area contributed by atoms with Gasteiger partial charge in [-0.1, -0.05) is 48.5 Å². The normalized spacial score (nSPS) is 15.0. The third kappa shape index (κ3) is 3.34. The number of benzene rings is 2. The Hall–Kier alpha value is -2.86. The molecule has 6 nitrogen and oxygen atoms in total. The van der Waals surface area contributed by atoms with Gasteiger partial charge in [-0.3, -0.25) is 0 Å². The fourth-order valence-corrected chi connectivity index (χ4v) is 3.16. The fraction of sp³-hybridized carbons (Fsp3) is 0.263. The number of carbonyl (C=O) groups excluding carboxylic acids is 1. The van der Waals surface area contributed by atoms with Gasteiger partial charge < -0.3 is 20.3 Å². The molecule has 1 aliphatic rings. The minimum atomic E-state index is -1.41. The van der Waals surface area contributed by atoms with E-state index < -0.39 is 24.2 Å². The summed E-state index contributed by atoms with van der Waals surface area (Å²) in [5.41, 5.74) is 4.36. The summed E-state index contributed by atoms with van der Waals surface area (Å²) in [6.07, 6.45) is -2.09. The van der Waals surface area contributed by atoms with Crippen molar-refractivity contribution in [2.24, 2.45) is 0 Å². The molecule has 0 saturated heterocycles. The summed E-state index contributed by atoms with van der Waals surface area (Å²) >= 11 is 0. The third-order valence-corrected chi connectivity index (χ3v) is 4.37. The number of hydrogen-bond donors (Lipinski definition) is 3. The van der Waals surface area contributed by atoms with Crippen LogP contribution in [0.4, 0.5) is 4.79 Å². The predicted octanol–water partition coefficient (Wildman–Crippen LogP) is 2.36. The number of carboxylic acid groups (broad SMARTS) is 1. The van der Waals surface area contributed by atoms with Crippen molar-refractivity contribution in [2.45, 2.75) is 25.0 Å². The van der Waals surface area contributed by atoms with Gasteiger partial charge in [0, 0.05) is 5.92 Å². The molecule has 0 fully saturated rings. The van der Waals surface area contributed by atoms with Crippen LogP contribution in [0.15, 0.2) is 48.5 Å². The van der Waals surface area contributed by atoms with Crippen LogP contribution < -0.4 is 5.32 Å². The maximum atomic E-state index is 11.9. The number of carboxylic acids is 1. The number of ether oxygens (including phenoxy) is 1. The summed E-state index contributed by atoms with van der Waals surface area (Å²) in [6, 6.07) is 14.4. The highest BCUT2D eigenvalue weighted by molar-refractivity contribution is 5.81. The minimum absolute atomic E-state index is 0.0893. The molecular formula is C19H19NO5. The number of aliphatic carboxylic acids is 1. The fourth-order valence-electron chi connectivity index (χ4n) is 3.16. The van der Waals surface area contributed by atoms with Crippen LogP contribution >= 0.6 is 0 Å². The van der Waals surface area contributed by atoms with Crippen LogP contribution in [0, 0.1) is 0 Å². The first-order valence-electron chi connectivity index (χ1n) is 8.01. The van der Waals surface area contributed by atoms with E-state index in [1.165, 1.54) is 6.92 Å². The number of aliphatic hydroxyl groups is 1. The predicted molar refractivity (Wildman–Crippen MR) is 91.3 cm³/mol. The van der Waals surface area contributed by atoms with Crippen molar-refractivity contribution in [1.29, 1.82) is 0 Å². The lowest BCUT2D eigenvalue weighted by Crippen LogP contribution is -2.48. The second-order valence-corrected chi connectivity index (χ2v) is 6.03. The van der Waals surface area contributed by atoms with Gasteiger partial charge in [-0.15, -0.1) is 0 Å². The molecule has 3 rings (SSSR count). The Morgan fingerprint density at radius 3 is 2.08 bits per heavy atom. The van der Waals surface area contributed by atoms with Crippen molar-refractivity contribution in [3.8, 4) is 11.1 Å². The van der Waals surface area contributed by atoms with Crippen LogP contribution in [-0.2, 0) is 9.53 Å². The molecule has 2 aromatic carbocycles. The Balaban J connectivity index is 1.73. The molecule has 0 radical (unpaired) electrons. The molecule has 130 valence electrons. The molecule has 0 unspecified atom stereocenters. The Morgan fingerprint density at radius 1 is 1.08 bits per heavy atom. The summed E-state index contributed by atoms with van der Waals surface area (Å²) < 4.78 is 5.25. The number of carbonyl (C=O) groups is 2. The molecule has 3 N–H and O–H groups in total. The highest BCUT2D eigenvalue weighted by Gasteiger charge is 2.30. The molecule has 0 aromatic heterocycles. The van der Waals surface area contributed by atoms with E-state index in [9.17, 15) is 14.7 Å². The highest BCUT2D eigenvalue weighted by Crippen LogP contribution is 2.44. The van der Waals surface area contributed by atoms with Crippen LogP contribution in [0.25, 0.3) is 11.1 Å². The minimum Gasteiger partial charge on any atom is -0.480 e. The molecule has 0 aliphatic heterocycles. The lowest BCUT2D eigenvalue weighted by Gasteiger charge is -2.18. The van der Waals surface area contributed by atoms with Crippen molar-refractivity contribution in [1.82, 2.24) is 5.32 Å². The molecule has 25 heavy (non-hydrogen) atoms. The molecule has 0 spiro atoms. The van der Waals surface area contributed by atoms with Crippen LogP contribution in [0.5, 0.6) is 0 Å². The topological polar surface area (TPSA) is 95.9 Å². The molecule has 2 aromatic rings. The van der Waals surface area contributed by atoms with Gasteiger partial charge in [0.05, 0.1) is 6.10 Å². The van der Waals surface area contributed by atoms with Gasteiger partial charge in [0.15, 0.2) is 6.04 Å². The van der Waals surface area contributed by atoms with Crippen molar-refractivity contribution >= 4 is 12.1 Å². The van der Waals surface area contributed by atoms with E-state index in [1.807, 2.05) is 48.5 Å². The van der Waals surface area contributed by atoms with E-state index in [0.717, 1.165) is 22.3 Å². The quantitative estimate of drug-likeness (QED) is 0.776. The maximum Gasteiger partial charge on any atom is 0.407 e. The molecule has 0 saturated carbocycles. The van der Waals surface area contributed by atoms with Gasteiger partial charge in [0.2, 0.25) is 0 Å². The van der Waals surface area contributed by atoms with Crippen molar-refractivity contribution in [3.05, 3.63) is 59.7 Å². The molecule has 1 aliphatic carbocycles. The van der Waals surface area contributed by atoms with Gasteiger partial charge in [0.25, 0.3) is 0 Å². The van der Waals surface area contributed by atoms with Gasteiger partial charge >= 0.3 is 12.1 Å². The van der Waals surface area contributed by atoms with E-state index in [0.29, 0.717) is 0 Å². The number of alkyl carbamates (subject to hydrolysis) is 1. The molecule has 1 amide bonds. The van der Waals surface area contributed by atoms with Crippen molar-refractivity contribution in [3.63, 3.8) is 0 Å². The van der Waals surface area contributed by atoms with Crippen LogP contribution in [0.3, 0.4) is 0 Å². The first-order chi connectivity index (χ1) is 12.0. The number of hydrogen-bond acceptors (Lipinski definition) is 4. The number of aliphatic hydroxyl groups excluding tert-OH is 1. The first kappa shape index (κ1) is 17.0. The van der Waals surface area contributed by atoms with E-state index in [1.54, 1.807) is 0 Å². The van der Waals surface area contributed by atoms with Crippen molar-refractivity contribution < 1.29 is 24.5 Å². The molecule has 0 heterocycles. The standard InChI is InChI=1S/C19H19NO5/c1-11(21)17(18(22)23)20-19(24)25-10-16-14-8-4-2-6-12(14)13-7-3-5-9-15(13)16/h2-9,11,16-17,21H,10H2,1H3,(H,20,24)(H,22,23)/t11-,17+/m0/s1. The lowest BCUT2D eigenvalue weighted by molar-refractivity contribution is -0.142. The Labute approximate surface area is 145 Å². The monoisotopic (exact) mass is 341 g/mol. The lowest BCUT2D eigenvalue weighted by atomic mass is 9.98. The molecule has 0 bridgehead atoms. The highest BCUT2D eigenvalue weighted by atomic mass is 16.5. The Morgan fingerprint density at radius 2 is 1.60 bits per heavy atom. The average molecular weight is 341 g/mol. The van der Waals surface area contributed by atoms with Gasteiger partial charge in [-0.25, -0.2) is 9.59 Å². The van der Waals surface area contributed by atoms with E-state index in [4.69, 9.17) is 9.84 Å². The van der Waals surface area contributed by atoms with Crippen LogP contribution in [-0.4, -0.2) is 41.0 Å². The number of amides is 1. The van der Waals surface area contributed by atoms with E-state index >= 15 is 0 Å². The zero-order chi connectivity index (χ0) is 18.0. The van der Waals surface area contributed by atoms with Crippen LogP contribution in [0.1, 0.15) is 24.0 Å².